The summed E-state index contributed by atoms with van der Waals surface area (Å²) in [7, 11) is 0. The Morgan fingerprint density at radius 3 is 2.73 bits per heavy atom. The monoisotopic (exact) mass is 344 g/mol. The van der Waals surface area contributed by atoms with Crippen molar-refractivity contribution in [3.8, 4) is 0 Å². The van der Waals surface area contributed by atoms with Gasteiger partial charge in [0.2, 0.25) is 11.8 Å². The maximum Gasteiger partial charge on any atom is 0.222 e. The van der Waals surface area contributed by atoms with Gasteiger partial charge in [-0.1, -0.05) is 29.3 Å². The quantitative estimate of drug-likeness (QED) is 0.891. The average Bonchev–Trinajstić information content (AvgIpc) is 2.49. The van der Waals surface area contributed by atoms with Crippen LogP contribution in [-0.4, -0.2) is 36.4 Å². The fourth-order valence-electron chi connectivity index (χ4n) is 2.36. The van der Waals surface area contributed by atoms with Crippen molar-refractivity contribution in [1.29, 1.82) is 0 Å². The molecule has 1 heterocycles. The summed E-state index contributed by atoms with van der Waals surface area (Å²) in [6.07, 6.45) is 0.801. The lowest BCUT2D eigenvalue weighted by atomic mass is 10.1. The van der Waals surface area contributed by atoms with E-state index in [1.54, 1.807) is 17.0 Å². The molecule has 1 aliphatic heterocycles. The molecule has 0 bridgehead atoms. The number of carbonyl (C=O) groups excluding carboxylic acids is 2. The lowest BCUT2D eigenvalue weighted by molar-refractivity contribution is -0.139. The number of rotatable bonds is 5. The maximum atomic E-state index is 12.1. The van der Waals surface area contributed by atoms with E-state index in [1.807, 2.05) is 6.07 Å². The zero-order chi connectivity index (χ0) is 16.1. The first-order valence-electron chi connectivity index (χ1n) is 7.10. The number of hydrogen-bond acceptors (Lipinski definition) is 3. The first-order valence-corrected chi connectivity index (χ1v) is 7.85. The van der Waals surface area contributed by atoms with E-state index in [0.717, 1.165) is 5.56 Å². The van der Waals surface area contributed by atoms with Crippen LogP contribution in [0.2, 0.25) is 10.0 Å². The van der Waals surface area contributed by atoms with Crippen molar-refractivity contribution >= 4 is 35.0 Å². The van der Waals surface area contributed by atoms with E-state index in [9.17, 15) is 9.59 Å². The van der Waals surface area contributed by atoms with Crippen LogP contribution in [0, 0.1) is 0 Å². The number of nitrogens with two attached hydrogens (primary N) is 1. The number of hydrogen-bond donors (Lipinski definition) is 1. The standard InChI is InChI=1S/C15H18Cl2N2O3/c16-11-5-4-10(8-12(11)17)13-9-19(6-7-22-13)15(21)3-1-2-14(18)20/h4-5,8,13H,1-3,6-7,9H2,(H2,18,20). The number of nitrogens with zero attached hydrogens (tertiary/aromatic N) is 1. The first kappa shape index (κ1) is 17.1. The zero-order valence-corrected chi connectivity index (χ0v) is 13.6. The molecule has 0 radical (unpaired) electrons. The summed E-state index contributed by atoms with van der Waals surface area (Å²) in [5.74, 6) is -0.377. The van der Waals surface area contributed by atoms with E-state index in [-0.39, 0.29) is 24.3 Å². The Hall–Kier alpha value is -1.30. The number of primary amides is 1. The molecule has 7 heteroatoms. The minimum Gasteiger partial charge on any atom is -0.370 e. The Morgan fingerprint density at radius 1 is 1.27 bits per heavy atom. The lowest BCUT2D eigenvalue weighted by Crippen LogP contribution is -2.42. The predicted molar refractivity (Wildman–Crippen MR) is 84.8 cm³/mol. The van der Waals surface area contributed by atoms with Gasteiger partial charge in [-0.25, -0.2) is 0 Å². The number of carbonyl (C=O) groups is 2. The number of halogens is 2. The highest BCUT2D eigenvalue weighted by atomic mass is 35.5. The predicted octanol–water partition coefficient (Wildman–Crippen LogP) is 2.55. The second-order valence-corrected chi connectivity index (χ2v) is 6.01. The van der Waals surface area contributed by atoms with Gasteiger partial charge in [0.25, 0.3) is 0 Å². The largest absolute Gasteiger partial charge is 0.370 e. The molecular formula is C15H18Cl2N2O3. The van der Waals surface area contributed by atoms with Crippen LogP contribution in [0.25, 0.3) is 0 Å². The van der Waals surface area contributed by atoms with E-state index in [4.69, 9.17) is 33.7 Å². The number of morpholine rings is 1. The van der Waals surface area contributed by atoms with Gasteiger partial charge in [-0.15, -0.1) is 0 Å². The van der Waals surface area contributed by atoms with E-state index in [1.165, 1.54) is 0 Å². The van der Waals surface area contributed by atoms with Crippen molar-refractivity contribution in [2.24, 2.45) is 5.73 Å². The van der Waals surface area contributed by atoms with Crippen LogP contribution in [0.1, 0.15) is 30.9 Å². The van der Waals surface area contributed by atoms with Crippen LogP contribution in [0.3, 0.4) is 0 Å². The molecule has 0 aromatic heterocycles. The molecule has 1 aromatic carbocycles. The van der Waals surface area contributed by atoms with Crippen molar-refractivity contribution in [2.45, 2.75) is 25.4 Å². The van der Waals surface area contributed by atoms with Crippen LogP contribution in [0.4, 0.5) is 0 Å². The van der Waals surface area contributed by atoms with Crippen molar-refractivity contribution in [3.63, 3.8) is 0 Å². The Morgan fingerprint density at radius 2 is 2.05 bits per heavy atom. The Labute approximate surface area is 139 Å². The molecule has 120 valence electrons. The summed E-state index contributed by atoms with van der Waals surface area (Å²) in [6, 6.07) is 5.33. The molecule has 0 aliphatic carbocycles. The molecule has 1 unspecified atom stereocenters. The fourth-order valence-corrected chi connectivity index (χ4v) is 2.67. The van der Waals surface area contributed by atoms with Crippen molar-refractivity contribution in [3.05, 3.63) is 33.8 Å². The molecule has 2 N–H and O–H groups in total. The topological polar surface area (TPSA) is 72.6 Å². The van der Waals surface area contributed by atoms with Gasteiger partial charge in [0.05, 0.1) is 23.2 Å². The molecule has 0 saturated carbocycles. The molecule has 2 amide bonds. The van der Waals surface area contributed by atoms with Crippen LogP contribution < -0.4 is 5.73 Å². The van der Waals surface area contributed by atoms with Crippen LogP contribution in [0.5, 0.6) is 0 Å². The van der Waals surface area contributed by atoms with Gasteiger partial charge >= 0.3 is 0 Å². The molecule has 1 aromatic rings. The van der Waals surface area contributed by atoms with Gasteiger partial charge in [0.1, 0.15) is 6.10 Å². The summed E-state index contributed by atoms with van der Waals surface area (Å²) in [5.41, 5.74) is 5.97. The average molecular weight is 345 g/mol. The van der Waals surface area contributed by atoms with Crippen LogP contribution in [0.15, 0.2) is 18.2 Å². The molecule has 1 atom stereocenters. The molecule has 0 spiro atoms. The first-order chi connectivity index (χ1) is 10.5. The third-order valence-corrected chi connectivity index (χ3v) is 4.29. The van der Waals surface area contributed by atoms with Gasteiger partial charge in [0, 0.05) is 19.4 Å². The third kappa shape index (κ3) is 4.60. The Balaban J connectivity index is 1.94. The number of benzene rings is 1. The van der Waals surface area contributed by atoms with Gasteiger partial charge < -0.3 is 15.4 Å². The summed E-state index contributed by atoms with van der Waals surface area (Å²) in [4.78, 5) is 24.6. The van der Waals surface area contributed by atoms with Gasteiger partial charge in [0.15, 0.2) is 0 Å². The van der Waals surface area contributed by atoms with Crippen LogP contribution in [-0.2, 0) is 14.3 Å². The maximum absolute atomic E-state index is 12.1. The van der Waals surface area contributed by atoms with E-state index in [0.29, 0.717) is 42.6 Å². The van der Waals surface area contributed by atoms with Crippen LogP contribution >= 0.6 is 23.2 Å². The minimum atomic E-state index is -0.386. The highest BCUT2D eigenvalue weighted by Crippen LogP contribution is 2.29. The zero-order valence-electron chi connectivity index (χ0n) is 12.1. The van der Waals surface area contributed by atoms with Gasteiger partial charge in [-0.3, -0.25) is 9.59 Å². The van der Waals surface area contributed by atoms with E-state index < -0.39 is 0 Å². The number of amides is 2. The van der Waals surface area contributed by atoms with Crippen molar-refractivity contribution in [2.75, 3.05) is 19.7 Å². The molecule has 1 saturated heterocycles. The van der Waals surface area contributed by atoms with Crippen molar-refractivity contribution < 1.29 is 14.3 Å². The molecular weight excluding hydrogens is 327 g/mol. The van der Waals surface area contributed by atoms with E-state index >= 15 is 0 Å². The third-order valence-electron chi connectivity index (χ3n) is 3.55. The molecule has 5 nitrogen and oxygen atoms in total. The lowest BCUT2D eigenvalue weighted by Gasteiger charge is -2.33. The number of ether oxygens (including phenoxy) is 1. The second kappa shape index (κ2) is 7.81. The highest BCUT2D eigenvalue weighted by molar-refractivity contribution is 6.42. The van der Waals surface area contributed by atoms with Gasteiger partial charge in [-0.05, 0) is 24.1 Å². The summed E-state index contributed by atoms with van der Waals surface area (Å²) in [5, 5.41) is 0.952. The minimum absolute atomic E-state index is 0.00890. The van der Waals surface area contributed by atoms with Crippen molar-refractivity contribution in [1.82, 2.24) is 4.90 Å². The normalized spacial score (nSPS) is 18.3. The highest BCUT2D eigenvalue weighted by Gasteiger charge is 2.25. The summed E-state index contributed by atoms with van der Waals surface area (Å²) >= 11 is 11.9. The van der Waals surface area contributed by atoms with E-state index in [2.05, 4.69) is 0 Å². The fraction of sp³-hybridized carbons (Fsp3) is 0.467. The smallest absolute Gasteiger partial charge is 0.222 e. The molecule has 1 aliphatic rings. The SMILES string of the molecule is NC(=O)CCCC(=O)N1CCOC(c2ccc(Cl)c(Cl)c2)C1. The van der Waals surface area contributed by atoms with Gasteiger partial charge in [-0.2, -0.15) is 0 Å². The summed E-state index contributed by atoms with van der Waals surface area (Å²) in [6.45, 7) is 1.48. The second-order valence-electron chi connectivity index (χ2n) is 5.19. The molecule has 22 heavy (non-hydrogen) atoms. The Kier molecular flexibility index (Phi) is 6.06. The summed E-state index contributed by atoms with van der Waals surface area (Å²) < 4.78 is 5.71. The molecule has 1 fully saturated rings. The molecule has 2 rings (SSSR count). The Bertz CT molecular complexity index is 566.